The Kier molecular flexibility index (Phi) is 2.07. The molecule has 0 radical (unpaired) electrons. The predicted molar refractivity (Wildman–Crippen MR) is 51.7 cm³/mol. The average molecular weight is 196 g/mol. The summed E-state index contributed by atoms with van der Waals surface area (Å²) in [5.41, 5.74) is 6.26. The number of nitrogens with zero attached hydrogens (tertiary/aromatic N) is 1. The number of hydrogen-bond acceptors (Lipinski definition) is 3. The number of rotatable bonds is 1. The molecule has 0 saturated carbocycles. The monoisotopic (exact) mass is 196 g/mol. The zero-order chi connectivity index (χ0) is 9.42. The molecule has 0 bridgehead atoms. The van der Waals surface area contributed by atoms with Crippen molar-refractivity contribution in [2.45, 2.75) is 32.1 Å². The van der Waals surface area contributed by atoms with Crippen LogP contribution in [-0.2, 0) is 11.2 Å². The predicted octanol–water partition coefficient (Wildman–Crippen LogP) is 1.36. The minimum atomic E-state index is -0.230. The van der Waals surface area contributed by atoms with Crippen molar-refractivity contribution in [3.05, 3.63) is 15.6 Å². The highest BCUT2D eigenvalue weighted by Crippen LogP contribution is 2.34. The Balaban J connectivity index is 2.41. The molecule has 1 aliphatic carbocycles. The summed E-state index contributed by atoms with van der Waals surface area (Å²) in [4.78, 5) is 16.7. The molecule has 0 saturated heterocycles. The number of aromatic nitrogens is 1. The van der Waals surface area contributed by atoms with Gasteiger partial charge in [0.2, 0.25) is 5.91 Å². The molecule has 0 spiro atoms. The molecular formula is C9H12N2OS. The zero-order valence-electron chi connectivity index (χ0n) is 7.54. The third-order valence-corrected chi connectivity index (χ3v) is 3.45. The normalized spacial score (nSPS) is 21.2. The molecule has 70 valence electrons. The molecule has 1 heterocycles. The van der Waals surface area contributed by atoms with Crippen molar-refractivity contribution in [1.82, 2.24) is 4.98 Å². The Bertz CT molecular complexity index is 345. The topological polar surface area (TPSA) is 56.0 Å². The van der Waals surface area contributed by atoms with Crippen LogP contribution in [0.5, 0.6) is 0 Å². The molecule has 1 aliphatic rings. The Morgan fingerprint density at radius 3 is 3.15 bits per heavy atom. The maximum Gasteiger partial charge on any atom is 0.226 e. The van der Waals surface area contributed by atoms with E-state index in [1.54, 1.807) is 11.3 Å². The number of hydrogen-bond donors (Lipinski definition) is 1. The van der Waals surface area contributed by atoms with Crippen LogP contribution in [0, 0.1) is 6.92 Å². The summed E-state index contributed by atoms with van der Waals surface area (Å²) in [6, 6.07) is 0. The molecule has 4 heteroatoms. The number of carbonyl (C=O) groups excluding carboxylic acids is 1. The number of carbonyl (C=O) groups is 1. The summed E-state index contributed by atoms with van der Waals surface area (Å²) >= 11 is 1.69. The van der Waals surface area contributed by atoms with Crippen LogP contribution in [-0.4, -0.2) is 10.9 Å². The van der Waals surface area contributed by atoms with Crippen LogP contribution in [0.2, 0.25) is 0 Å². The van der Waals surface area contributed by atoms with Crippen LogP contribution >= 0.6 is 11.3 Å². The first-order valence-electron chi connectivity index (χ1n) is 4.44. The molecule has 1 atom stereocenters. The van der Waals surface area contributed by atoms with Crippen molar-refractivity contribution >= 4 is 17.2 Å². The van der Waals surface area contributed by atoms with Gasteiger partial charge >= 0.3 is 0 Å². The second-order valence-electron chi connectivity index (χ2n) is 3.39. The minimum Gasteiger partial charge on any atom is -0.369 e. The third-order valence-electron chi connectivity index (χ3n) is 2.40. The van der Waals surface area contributed by atoms with Gasteiger partial charge in [0.1, 0.15) is 0 Å². The van der Waals surface area contributed by atoms with Gasteiger partial charge in [-0.15, -0.1) is 11.3 Å². The first-order chi connectivity index (χ1) is 6.18. The van der Waals surface area contributed by atoms with Crippen molar-refractivity contribution in [1.29, 1.82) is 0 Å². The van der Waals surface area contributed by atoms with Crippen LogP contribution in [0.1, 0.15) is 34.3 Å². The van der Waals surface area contributed by atoms with Crippen molar-refractivity contribution in [2.24, 2.45) is 5.73 Å². The van der Waals surface area contributed by atoms with E-state index >= 15 is 0 Å². The lowest BCUT2D eigenvalue weighted by Crippen LogP contribution is -2.24. The van der Waals surface area contributed by atoms with Gasteiger partial charge in [-0.3, -0.25) is 4.79 Å². The first kappa shape index (κ1) is 8.69. The second-order valence-corrected chi connectivity index (χ2v) is 4.68. The van der Waals surface area contributed by atoms with E-state index in [4.69, 9.17) is 5.73 Å². The smallest absolute Gasteiger partial charge is 0.226 e. The average Bonchev–Trinajstić information content (AvgIpc) is 2.43. The van der Waals surface area contributed by atoms with Crippen molar-refractivity contribution in [3.8, 4) is 0 Å². The quantitative estimate of drug-likeness (QED) is 0.737. The van der Waals surface area contributed by atoms with Gasteiger partial charge in [0, 0.05) is 4.88 Å². The number of primary amides is 1. The van der Waals surface area contributed by atoms with Crippen molar-refractivity contribution in [3.63, 3.8) is 0 Å². The molecule has 2 rings (SSSR count). The van der Waals surface area contributed by atoms with E-state index in [9.17, 15) is 4.79 Å². The summed E-state index contributed by atoms with van der Waals surface area (Å²) in [5.74, 6) is -0.361. The summed E-state index contributed by atoms with van der Waals surface area (Å²) in [7, 11) is 0. The lowest BCUT2D eigenvalue weighted by molar-refractivity contribution is -0.119. The lowest BCUT2D eigenvalue weighted by atomic mass is 9.91. The number of amides is 1. The lowest BCUT2D eigenvalue weighted by Gasteiger charge is -2.17. The fourth-order valence-corrected chi connectivity index (χ4v) is 2.86. The van der Waals surface area contributed by atoms with E-state index < -0.39 is 0 Å². The van der Waals surface area contributed by atoms with Crippen LogP contribution < -0.4 is 5.73 Å². The Hall–Kier alpha value is -0.900. The number of aryl methyl sites for hydroxylation is 2. The molecule has 0 fully saturated rings. The van der Waals surface area contributed by atoms with E-state index in [0.29, 0.717) is 0 Å². The summed E-state index contributed by atoms with van der Waals surface area (Å²) < 4.78 is 0. The van der Waals surface area contributed by atoms with Crippen LogP contribution in [0.25, 0.3) is 0 Å². The van der Waals surface area contributed by atoms with Crippen molar-refractivity contribution in [2.75, 3.05) is 0 Å². The molecular weight excluding hydrogens is 184 g/mol. The minimum absolute atomic E-state index is 0.131. The highest BCUT2D eigenvalue weighted by Gasteiger charge is 2.27. The van der Waals surface area contributed by atoms with Crippen LogP contribution in [0.4, 0.5) is 0 Å². The Morgan fingerprint density at radius 1 is 1.69 bits per heavy atom. The molecule has 0 aromatic carbocycles. The van der Waals surface area contributed by atoms with E-state index in [0.717, 1.165) is 30.0 Å². The van der Waals surface area contributed by atoms with E-state index in [1.807, 2.05) is 6.92 Å². The molecule has 0 aliphatic heterocycles. The van der Waals surface area contributed by atoms with Crippen LogP contribution in [0.3, 0.4) is 0 Å². The molecule has 1 aromatic heterocycles. The zero-order valence-corrected chi connectivity index (χ0v) is 8.36. The highest BCUT2D eigenvalue weighted by atomic mass is 32.1. The SMILES string of the molecule is Cc1nc2c(s1)CCCC2C(N)=O. The molecule has 1 unspecified atom stereocenters. The molecule has 2 N–H and O–H groups in total. The Labute approximate surface area is 81.0 Å². The maximum absolute atomic E-state index is 11.1. The van der Waals surface area contributed by atoms with E-state index in [2.05, 4.69) is 4.98 Å². The third kappa shape index (κ3) is 1.46. The summed E-state index contributed by atoms with van der Waals surface area (Å²) in [6.45, 7) is 1.97. The number of nitrogens with two attached hydrogens (primary N) is 1. The maximum atomic E-state index is 11.1. The number of thiazole rings is 1. The molecule has 3 nitrogen and oxygen atoms in total. The summed E-state index contributed by atoms with van der Waals surface area (Å²) in [5, 5.41) is 1.04. The Morgan fingerprint density at radius 2 is 2.46 bits per heavy atom. The first-order valence-corrected chi connectivity index (χ1v) is 5.25. The van der Waals surface area contributed by atoms with Gasteiger partial charge in [-0.25, -0.2) is 4.98 Å². The fraction of sp³-hybridized carbons (Fsp3) is 0.556. The van der Waals surface area contributed by atoms with Gasteiger partial charge in [0.05, 0.1) is 16.6 Å². The fourth-order valence-electron chi connectivity index (χ4n) is 1.82. The highest BCUT2D eigenvalue weighted by molar-refractivity contribution is 7.11. The largest absolute Gasteiger partial charge is 0.369 e. The van der Waals surface area contributed by atoms with Gasteiger partial charge in [-0.05, 0) is 26.2 Å². The van der Waals surface area contributed by atoms with Gasteiger partial charge in [-0.1, -0.05) is 0 Å². The van der Waals surface area contributed by atoms with Gasteiger partial charge in [0.25, 0.3) is 0 Å². The molecule has 13 heavy (non-hydrogen) atoms. The standard InChI is InChI=1S/C9H12N2OS/c1-5-11-8-6(9(10)12)3-2-4-7(8)13-5/h6H,2-4H2,1H3,(H2,10,12). The van der Waals surface area contributed by atoms with Gasteiger partial charge in [-0.2, -0.15) is 0 Å². The second kappa shape index (κ2) is 3.10. The van der Waals surface area contributed by atoms with Gasteiger partial charge in [0.15, 0.2) is 0 Å². The summed E-state index contributed by atoms with van der Waals surface area (Å²) in [6.07, 6.45) is 2.98. The van der Waals surface area contributed by atoms with E-state index in [-0.39, 0.29) is 11.8 Å². The number of fused-ring (bicyclic) bond motifs is 1. The van der Waals surface area contributed by atoms with E-state index in [1.165, 1.54) is 4.88 Å². The molecule has 1 amide bonds. The van der Waals surface area contributed by atoms with Crippen LogP contribution in [0.15, 0.2) is 0 Å². The molecule has 1 aromatic rings. The van der Waals surface area contributed by atoms with Crippen molar-refractivity contribution < 1.29 is 4.79 Å². The van der Waals surface area contributed by atoms with Gasteiger partial charge < -0.3 is 5.73 Å².